The Labute approximate surface area is 98.3 Å². The summed E-state index contributed by atoms with van der Waals surface area (Å²) in [7, 11) is 0. The van der Waals surface area contributed by atoms with E-state index in [0.717, 1.165) is 0 Å². The highest BCUT2D eigenvalue weighted by Crippen LogP contribution is 2.20. The van der Waals surface area contributed by atoms with Crippen molar-refractivity contribution in [3.63, 3.8) is 0 Å². The molecule has 1 aromatic carbocycles. The van der Waals surface area contributed by atoms with Crippen LogP contribution in [0.15, 0.2) is 18.2 Å². The van der Waals surface area contributed by atoms with Crippen LogP contribution in [0.3, 0.4) is 0 Å². The van der Waals surface area contributed by atoms with E-state index in [4.69, 9.17) is 22.1 Å². The number of carbonyl (C=O) groups excluding carboxylic acids is 1. The Balaban J connectivity index is 2.72. The van der Waals surface area contributed by atoms with Gasteiger partial charge in [0.15, 0.2) is 0 Å². The summed E-state index contributed by atoms with van der Waals surface area (Å²) >= 11 is 5.68. The van der Waals surface area contributed by atoms with Crippen molar-refractivity contribution in [3.8, 4) is 0 Å². The molecule has 0 saturated carbocycles. The molecule has 2 N–H and O–H groups in total. The number of halogens is 2. The van der Waals surface area contributed by atoms with Gasteiger partial charge in [-0.1, -0.05) is 11.6 Å². The number of hydrogen-bond donors (Lipinski definition) is 1. The number of ether oxygens (including phenoxy) is 1. The normalized spacial score (nSPS) is 12.2. The van der Waals surface area contributed by atoms with Crippen molar-refractivity contribution in [1.29, 1.82) is 0 Å². The summed E-state index contributed by atoms with van der Waals surface area (Å²) in [5.74, 6) is -0.878. The van der Waals surface area contributed by atoms with Gasteiger partial charge in [-0.15, -0.1) is 0 Å². The molecule has 0 aliphatic rings. The fraction of sp³-hybridized carbons (Fsp3) is 0.364. The van der Waals surface area contributed by atoms with Crippen LogP contribution in [0.2, 0.25) is 5.02 Å². The van der Waals surface area contributed by atoms with E-state index in [-0.39, 0.29) is 11.4 Å². The van der Waals surface area contributed by atoms with Crippen molar-refractivity contribution < 1.29 is 13.9 Å². The average molecular weight is 246 g/mol. The van der Waals surface area contributed by atoms with Crippen molar-refractivity contribution in [3.05, 3.63) is 34.6 Å². The van der Waals surface area contributed by atoms with Crippen molar-refractivity contribution in [2.45, 2.75) is 19.4 Å². The van der Waals surface area contributed by atoms with Crippen LogP contribution in [0.25, 0.3) is 0 Å². The molecule has 0 radical (unpaired) electrons. The van der Waals surface area contributed by atoms with Gasteiger partial charge in [0.05, 0.1) is 13.0 Å². The molecule has 3 nitrogen and oxygen atoms in total. The fourth-order valence-corrected chi connectivity index (χ4v) is 1.54. The minimum Gasteiger partial charge on any atom is -0.466 e. The summed E-state index contributed by atoms with van der Waals surface area (Å²) in [5.41, 5.74) is 6.22. The van der Waals surface area contributed by atoms with Crippen molar-refractivity contribution in [1.82, 2.24) is 0 Å². The molecular formula is C11H13ClFNO2. The Morgan fingerprint density at radius 1 is 1.56 bits per heavy atom. The minimum absolute atomic E-state index is 0.00756. The molecule has 0 bridgehead atoms. The van der Waals surface area contributed by atoms with Gasteiger partial charge in [-0.3, -0.25) is 4.79 Å². The van der Waals surface area contributed by atoms with Gasteiger partial charge in [0.1, 0.15) is 5.82 Å². The predicted molar refractivity (Wildman–Crippen MR) is 59.6 cm³/mol. The molecule has 0 fully saturated rings. The van der Waals surface area contributed by atoms with Crippen LogP contribution in [-0.2, 0) is 9.53 Å². The zero-order valence-corrected chi connectivity index (χ0v) is 9.63. The molecule has 0 aliphatic carbocycles. The first-order chi connectivity index (χ1) is 7.52. The van der Waals surface area contributed by atoms with Gasteiger partial charge in [0.2, 0.25) is 0 Å². The van der Waals surface area contributed by atoms with Gasteiger partial charge in [-0.25, -0.2) is 4.39 Å². The highest BCUT2D eigenvalue weighted by atomic mass is 35.5. The van der Waals surface area contributed by atoms with Crippen LogP contribution in [0.1, 0.15) is 24.9 Å². The van der Waals surface area contributed by atoms with Gasteiger partial charge in [0, 0.05) is 11.1 Å². The maximum Gasteiger partial charge on any atom is 0.307 e. The second-order valence-electron chi connectivity index (χ2n) is 3.32. The van der Waals surface area contributed by atoms with E-state index in [0.29, 0.717) is 12.2 Å². The first-order valence-electron chi connectivity index (χ1n) is 4.90. The van der Waals surface area contributed by atoms with E-state index in [1.165, 1.54) is 18.2 Å². The summed E-state index contributed by atoms with van der Waals surface area (Å²) in [4.78, 5) is 11.2. The molecule has 88 valence electrons. The summed E-state index contributed by atoms with van der Waals surface area (Å²) in [5, 5.41) is 0.259. The number of hydrogen-bond acceptors (Lipinski definition) is 3. The first-order valence-corrected chi connectivity index (χ1v) is 5.28. The second-order valence-corrected chi connectivity index (χ2v) is 3.75. The van der Waals surface area contributed by atoms with Crippen LogP contribution >= 0.6 is 11.6 Å². The Hall–Kier alpha value is -1.13. The standard InChI is InChI=1S/C11H13ClFNO2/c1-2-16-11(15)6-10(14)7-3-8(12)5-9(13)4-7/h3-5,10H,2,6,14H2,1H3/t10-/m1/s1. The third-order valence-electron chi connectivity index (χ3n) is 2.00. The van der Waals surface area contributed by atoms with Gasteiger partial charge < -0.3 is 10.5 Å². The lowest BCUT2D eigenvalue weighted by Crippen LogP contribution is -2.17. The maximum absolute atomic E-state index is 13.0. The number of carbonyl (C=O) groups is 1. The van der Waals surface area contributed by atoms with Crippen molar-refractivity contribution in [2.24, 2.45) is 5.73 Å². The molecule has 0 amide bonds. The van der Waals surface area contributed by atoms with E-state index in [9.17, 15) is 9.18 Å². The largest absolute Gasteiger partial charge is 0.466 e. The number of rotatable bonds is 4. The molecule has 16 heavy (non-hydrogen) atoms. The van der Waals surface area contributed by atoms with E-state index in [2.05, 4.69) is 0 Å². The SMILES string of the molecule is CCOC(=O)C[C@@H](N)c1cc(F)cc(Cl)c1. The van der Waals surface area contributed by atoms with Crippen LogP contribution in [0.4, 0.5) is 4.39 Å². The molecular weight excluding hydrogens is 233 g/mol. The molecule has 1 rings (SSSR count). The van der Waals surface area contributed by atoms with E-state index in [1.807, 2.05) is 0 Å². The third-order valence-corrected chi connectivity index (χ3v) is 2.22. The number of esters is 1. The lowest BCUT2D eigenvalue weighted by molar-refractivity contribution is -0.143. The van der Waals surface area contributed by atoms with Gasteiger partial charge in [-0.2, -0.15) is 0 Å². The summed E-state index contributed by atoms with van der Waals surface area (Å²) in [6.45, 7) is 2.01. The Bertz CT molecular complexity index is 364. The molecule has 0 heterocycles. The van der Waals surface area contributed by atoms with E-state index < -0.39 is 17.8 Å². The zero-order chi connectivity index (χ0) is 12.1. The maximum atomic E-state index is 13.0. The minimum atomic E-state index is -0.604. The monoisotopic (exact) mass is 245 g/mol. The summed E-state index contributed by atoms with van der Waals surface area (Å²) in [6, 6.07) is 3.37. The molecule has 0 saturated heterocycles. The predicted octanol–water partition coefficient (Wildman–Crippen LogP) is 2.43. The van der Waals surface area contributed by atoms with Crippen molar-refractivity contribution >= 4 is 17.6 Å². The van der Waals surface area contributed by atoms with Gasteiger partial charge >= 0.3 is 5.97 Å². The topological polar surface area (TPSA) is 52.3 Å². The number of nitrogens with two attached hydrogens (primary N) is 1. The first kappa shape index (κ1) is 12.9. The summed E-state index contributed by atoms with van der Waals surface area (Å²) < 4.78 is 17.8. The molecule has 1 aromatic rings. The third kappa shape index (κ3) is 3.79. The molecule has 1 atom stereocenters. The molecule has 0 aliphatic heterocycles. The smallest absolute Gasteiger partial charge is 0.307 e. The highest BCUT2D eigenvalue weighted by molar-refractivity contribution is 6.30. The molecule has 0 unspecified atom stereocenters. The highest BCUT2D eigenvalue weighted by Gasteiger charge is 2.13. The van der Waals surface area contributed by atoms with E-state index >= 15 is 0 Å². The van der Waals surface area contributed by atoms with Crippen LogP contribution in [0.5, 0.6) is 0 Å². The lowest BCUT2D eigenvalue weighted by Gasteiger charge is -2.11. The second kappa shape index (κ2) is 5.82. The van der Waals surface area contributed by atoms with Crippen LogP contribution in [0, 0.1) is 5.82 Å². The quantitative estimate of drug-likeness (QED) is 0.829. The van der Waals surface area contributed by atoms with E-state index in [1.54, 1.807) is 6.92 Å². The summed E-state index contributed by atoms with van der Waals surface area (Å²) in [6.07, 6.45) is 0.00756. The molecule has 0 aromatic heterocycles. The van der Waals surface area contributed by atoms with Gasteiger partial charge in [-0.05, 0) is 30.7 Å². The van der Waals surface area contributed by atoms with Gasteiger partial charge in [0.25, 0.3) is 0 Å². The average Bonchev–Trinajstić information content (AvgIpc) is 2.16. The number of benzene rings is 1. The molecule has 5 heteroatoms. The Morgan fingerprint density at radius 2 is 2.25 bits per heavy atom. The zero-order valence-electron chi connectivity index (χ0n) is 8.87. The van der Waals surface area contributed by atoms with Crippen LogP contribution in [-0.4, -0.2) is 12.6 Å². The lowest BCUT2D eigenvalue weighted by atomic mass is 10.0. The Kier molecular flexibility index (Phi) is 4.71. The molecule has 0 spiro atoms. The van der Waals surface area contributed by atoms with Crippen molar-refractivity contribution in [2.75, 3.05) is 6.61 Å². The fourth-order valence-electron chi connectivity index (χ4n) is 1.31. The Morgan fingerprint density at radius 3 is 2.81 bits per heavy atom. The van der Waals surface area contributed by atoms with Crippen LogP contribution < -0.4 is 5.73 Å².